The van der Waals surface area contributed by atoms with Gasteiger partial charge in [0.05, 0.1) is 40.9 Å². The molecule has 10 heteroatoms. The van der Waals surface area contributed by atoms with Crippen molar-refractivity contribution in [3.63, 3.8) is 0 Å². The number of rotatable bonds is 9. The summed E-state index contributed by atoms with van der Waals surface area (Å²) in [6.45, 7) is 9.24. The van der Waals surface area contributed by atoms with E-state index < -0.39 is 5.60 Å². The molecule has 3 aromatic heterocycles. The first-order valence-corrected chi connectivity index (χ1v) is 15.3. The second-order valence-corrected chi connectivity index (χ2v) is 12.5. The molecule has 4 aromatic rings. The number of nitrogens with one attached hydrogen (secondary N) is 3. The highest BCUT2D eigenvalue weighted by Gasteiger charge is 2.24. The number of para-hydroxylation sites is 1. The number of fused-ring (bicyclic) bond motifs is 1. The minimum Gasteiger partial charge on any atom is -0.444 e. The molecular formula is C34H41N7O3. The molecule has 5 rings (SSSR count). The predicted octanol–water partition coefficient (Wildman–Crippen LogP) is 6.07. The van der Waals surface area contributed by atoms with Gasteiger partial charge in [0, 0.05) is 36.4 Å². The van der Waals surface area contributed by atoms with Crippen LogP contribution in [0.25, 0.3) is 22.2 Å². The molecule has 0 atom stereocenters. The highest BCUT2D eigenvalue weighted by atomic mass is 16.6. The molecule has 0 spiro atoms. The molecule has 2 amide bonds. The van der Waals surface area contributed by atoms with Gasteiger partial charge in [0.2, 0.25) is 0 Å². The molecule has 0 saturated heterocycles. The highest BCUT2D eigenvalue weighted by Crippen LogP contribution is 2.29. The first-order chi connectivity index (χ1) is 21.1. The second-order valence-electron chi connectivity index (χ2n) is 12.5. The number of amides is 2. The van der Waals surface area contributed by atoms with Crippen LogP contribution in [0.15, 0.2) is 61.1 Å². The summed E-state index contributed by atoms with van der Waals surface area (Å²) < 4.78 is 5.34. The van der Waals surface area contributed by atoms with Crippen LogP contribution >= 0.6 is 0 Å². The molecule has 0 unspecified atom stereocenters. The molecule has 1 fully saturated rings. The van der Waals surface area contributed by atoms with Crippen molar-refractivity contribution < 1.29 is 14.3 Å². The van der Waals surface area contributed by atoms with E-state index >= 15 is 0 Å². The summed E-state index contributed by atoms with van der Waals surface area (Å²) in [6, 6.07) is 13.4. The minimum absolute atomic E-state index is 0.107. The molecule has 230 valence electrons. The van der Waals surface area contributed by atoms with E-state index in [1.165, 1.54) is 0 Å². The van der Waals surface area contributed by atoms with Gasteiger partial charge in [-0.05, 0) is 89.5 Å². The van der Waals surface area contributed by atoms with Gasteiger partial charge in [-0.1, -0.05) is 18.2 Å². The maximum Gasteiger partial charge on any atom is 0.407 e. The minimum atomic E-state index is -0.502. The Hall–Kier alpha value is -4.60. The van der Waals surface area contributed by atoms with Gasteiger partial charge < -0.3 is 20.7 Å². The Kier molecular flexibility index (Phi) is 9.67. The zero-order valence-corrected chi connectivity index (χ0v) is 25.9. The molecule has 44 heavy (non-hydrogen) atoms. The standard InChI is InChI=1S/C34H41N7O3/c1-22-16-36-26(20-35-22)21-38-31-14-13-25(19-37-31)30-15-28(27-7-5-6-8-29(27)41-30)32(42)39-17-23-9-11-24(12-10-23)18-40-33(43)44-34(2,3)4/h5-8,13-16,19-20,23-24H,9-12,17-18,21H2,1-4H3,(H,37,38)(H,39,42)(H,40,43). The van der Waals surface area contributed by atoms with E-state index in [2.05, 4.69) is 30.9 Å². The second kappa shape index (κ2) is 13.8. The van der Waals surface area contributed by atoms with Crippen LogP contribution in [0.1, 0.15) is 68.2 Å². The van der Waals surface area contributed by atoms with Crippen molar-refractivity contribution in [3.8, 4) is 11.3 Å². The third-order valence-electron chi connectivity index (χ3n) is 7.76. The summed E-state index contributed by atoms with van der Waals surface area (Å²) in [7, 11) is 0. The van der Waals surface area contributed by atoms with Gasteiger partial charge in [-0.2, -0.15) is 0 Å². The summed E-state index contributed by atoms with van der Waals surface area (Å²) in [4.78, 5) is 43.5. The van der Waals surface area contributed by atoms with E-state index in [1.807, 2.05) is 70.2 Å². The molecule has 10 nitrogen and oxygen atoms in total. The Morgan fingerprint density at radius 3 is 2.27 bits per heavy atom. The number of nitrogens with zero attached hydrogens (tertiary/aromatic N) is 4. The Balaban J connectivity index is 1.18. The Bertz CT molecular complexity index is 1580. The number of hydrogen-bond acceptors (Lipinski definition) is 8. The first kappa shape index (κ1) is 30.8. The number of aromatic nitrogens is 4. The van der Waals surface area contributed by atoms with Crippen LogP contribution in [0, 0.1) is 18.8 Å². The fourth-order valence-electron chi connectivity index (χ4n) is 5.37. The van der Waals surface area contributed by atoms with Crippen molar-refractivity contribution in [2.75, 3.05) is 18.4 Å². The lowest BCUT2D eigenvalue weighted by Gasteiger charge is -2.29. The van der Waals surface area contributed by atoms with E-state index in [0.717, 1.165) is 53.5 Å². The van der Waals surface area contributed by atoms with Gasteiger partial charge in [-0.25, -0.2) is 14.8 Å². The van der Waals surface area contributed by atoms with Gasteiger partial charge in [-0.15, -0.1) is 0 Å². The molecule has 0 aliphatic heterocycles. The van der Waals surface area contributed by atoms with Crippen molar-refractivity contribution in [1.82, 2.24) is 30.6 Å². The van der Waals surface area contributed by atoms with Gasteiger partial charge in [0.1, 0.15) is 11.4 Å². The number of aryl methyl sites for hydroxylation is 1. The number of carbonyl (C=O) groups excluding carboxylic acids is 2. The quantitative estimate of drug-likeness (QED) is 0.213. The van der Waals surface area contributed by atoms with E-state index in [1.54, 1.807) is 18.6 Å². The largest absolute Gasteiger partial charge is 0.444 e. The number of alkyl carbamates (subject to hydrolysis) is 1. The van der Waals surface area contributed by atoms with E-state index in [0.29, 0.717) is 48.5 Å². The van der Waals surface area contributed by atoms with Gasteiger partial charge >= 0.3 is 6.09 Å². The molecule has 3 N–H and O–H groups in total. The van der Waals surface area contributed by atoms with Crippen LogP contribution in [0.4, 0.5) is 10.6 Å². The van der Waals surface area contributed by atoms with Gasteiger partial charge in [0.15, 0.2) is 0 Å². The lowest BCUT2D eigenvalue weighted by molar-refractivity contribution is 0.0512. The number of ether oxygens (including phenoxy) is 1. The maximum atomic E-state index is 13.5. The van der Waals surface area contributed by atoms with Crippen LogP contribution in [0.3, 0.4) is 0 Å². The molecular weight excluding hydrogens is 554 g/mol. The Morgan fingerprint density at radius 2 is 1.61 bits per heavy atom. The molecule has 1 aliphatic carbocycles. The predicted molar refractivity (Wildman–Crippen MR) is 171 cm³/mol. The number of carbonyl (C=O) groups is 2. The zero-order valence-electron chi connectivity index (χ0n) is 25.9. The third-order valence-corrected chi connectivity index (χ3v) is 7.76. The summed E-state index contributed by atoms with van der Waals surface area (Å²) in [5.74, 6) is 1.43. The monoisotopic (exact) mass is 595 g/mol. The average molecular weight is 596 g/mol. The van der Waals surface area contributed by atoms with Crippen LogP contribution in [-0.4, -0.2) is 50.6 Å². The molecule has 1 saturated carbocycles. The number of hydrogen-bond donors (Lipinski definition) is 3. The summed E-state index contributed by atoms with van der Waals surface area (Å²) in [5.41, 5.74) is 4.07. The number of benzene rings is 1. The highest BCUT2D eigenvalue weighted by molar-refractivity contribution is 6.07. The van der Waals surface area contributed by atoms with Crippen molar-refractivity contribution in [2.45, 2.75) is 65.5 Å². The summed E-state index contributed by atoms with van der Waals surface area (Å²) in [5, 5.41) is 10.2. The zero-order chi connectivity index (χ0) is 31.1. The fourth-order valence-corrected chi connectivity index (χ4v) is 5.37. The van der Waals surface area contributed by atoms with Crippen molar-refractivity contribution in [1.29, 1.82) is 0 Å². The Morgan fingerprint density at radius 1 is 0.886 bits per heavy atom. The molecule has 0 bridgehead atoms. The van der Waals surface area contributed by atoms with Crippen molar-refractivity contribution in [3.05, 3.63) is 78.0 Å². The Labute approximate surface area is 258 Å². The van der Waals surface area contributed by atoms with Crippen LogP contribution < -0.4 is 16.0 Å². The normalized spacial score (nSPS) is 16.7. The van der Waals surface area contributed by atoms with E-state index in [9.17, 15) is 9.59 Å². The van der Waals surface area contributed by atoms with Crippen LogP contribution in [-0.2, 0) is 11.3 Å². The molecule has 1 aromatic carbocycles. The molecule has 0 radical (unpaired) electrons. The lowest BCUT2D eigenvalue weighted by atomic mass is 9.82. The van der Waals surface area contributed by atoms with Crippen LogP contribution in [0.2, 0.25) is 0 Å². The number of anilines is 1. The van der Waals surface area contributed by atoms with Crippen LogP contribution in [0.5, 0.6) is 0 Å². The smallest absolute Gasteiger partial charge is 0.407 e. The van der Waals surface area contributed by atoms with E-state index in [4.69, 9.17) is 9.72 Å². The summed E-state index contributed by atoms with van der Waals surface area (Å²) >= 11 is 0. The average Bonchev–Trinajstić information content (AvgIpc) is 3.02. The first-order valence-electron chi connectivity index (χ1n) is 15.3. The van der Waals surface area contributed by atoms with Gasteiger partial charge in [-0.3, -0.25) is 14.8 Å². The molecule has 3 heterocycles. The third kappa shape index (κ3) is 8.49. The number of pyridine rings is 2. The van der Waals surface area contributed by atoms with Crippen molar-refractivity contribution in [2.24, 2.45) is 11.8 Å². The topological polar surface area (TPSA) is 131 Å². The fraction of sp³-hybridized carbons (Fsp3) is 0.412. The summed E-state index contributed by atoms with van der Waals surface area (Å²) in [6.07, 6.45) is 8.92. The lowest BCUT2D eigenvalue weighted by Crippen LogP contribution is -2.37. The SMILES string of the molecule is Cc1cnc(CNc2ccc(-c3cc(C(=O)NCC4CCC(CNC(=O)OC(C)(C)C)CC4)c4ccccc4n3)cn2)cn1. The molecule has 1 aliphatic rings. The van der Waals surface area contributed by atoms with Gasteiger partial charge in [0.25, 0.3) is 5.91 Å². The van der Waals surface area contributed by atoms with Crippen molar-refractivity contribution >= 4 is 28.7 Å². The maximum absolute atomic E-state index is 13.5. The van der Waals surface area contributed by atoms with E-state index in [-0.39, 0.29) is 12.0 Å².